The summed E-state index contributed by atoms with van der Waals surface area (Å²) in [6.07, 6.45) is 9.65. The van der Waals surface area contributed by atoms with Gasteiger partial charge in [0.25, 0.3) is 11.8 Å². The molecule has 2 amide bonds. The van der Waals surface area contributed by atoms with Gasteiger partial charge in [-0.05, 0) is 67.0 Å². The van der Waals surface area contributed by atoms with E-state index in [1.165, 1.54) is 43.9 Å². The Bertz CT molecular complexity index is 1050. The predicted octanol–water partition coefficient (Wildman–Crippen LogP) is 5.99. The second-order valence-corrected chi connectivity index (χ2v) is 11.2. The Morgan fingerprint density at radius 3 is 2.68 bits per heavy atom. The molecule has 1 N–H and O–H groups in total. The summed E-state index contributed by atoms with van der Waals surface area (Å²) in [6.45, 7) is 0.675. The monoisotopic (exact) mass is 496 g/mol. The number of benzene rings is 2. The van der Waals surface area contributed by atoms with Crippen LogP contribution in [-0.4, -0.2) is 43.5 Å². The Hall–Kier alpha value is -2.38. The average molecular weight is 497 g/mol. The van der Waals surface area contributed by atoms with Gasteiger partial charge >= 0.3 is 0 Å². The minimum Gasteiger partial charge on any atom is -0.497 e. The van der Waals surface area contributed by atoms with E-state index in [1.807, 2.05) is 48.5 Å². The lowest BCUT2D eigenvalue weighted by atomic mass is 10.0. The predicted molar refractivity (Wildman–Crippen MR) is 143 cm³/mol. The second kappa shape index (κ2) is 11.8. The van der Waals surface area contributed by atoms with Crippen molar-refractivity contribution in [1.29, 1.82) is 0 Å². The number of hydrogen-bond acceptors (Lipinski definition) is 5. The molecule has 1 heterocycles. The fourth-order valence-corrected chi connectivity index (χ4v) is 6.65. The lowest BCUT2D eigenvalue weighted by Gasteiger charge is -2.27. The molecule has 0 saturated heterocycles. The maximum absolute atomic E-state index is 13.0. The Morgan fingerprint density at radius 2 is 1.94 bits per heavy atom. The van der Waals surface area contributed by atoms with Crippen LogP contribution in [0.15, 0.2) is 52.3 Å². The summed E-state index contributed by atoms with van der Waals surface area (Å²) in [5, 5.41) is 3.84. The standard InChI is InChI=1S/C27H32N2O3S2/c1-29-23-18-20(26(30)28-15-6-16-33-22-7-4-3-5-8-22)11-14-24(23)34-25(27(29)31)17-19-9-12-21(32-2)13-10-19/h9-14,17-18,22H,3-8,15-16H2,1-2H3,(H,28,30)/b25-17-. The van der Waals surface area contributed by atoms with Gasteiger partial charge in [-0.25, -0.2) is 0 Å². The third-order valence-electron chi connectivity index (χ3n) is 6.24. The number of thioether (sulfide) groups is 2. The van der Waals surface area contributed by atoms with Gasteiger partial charge in [0.2, 0.25) is 0 Å². The molecule has 0 radical (unpaired) electrons. The number of rotatable bonds is 8. The number of nitrogens with one attached hydrogen (secondary N) is 1. The quantitative estimate of drug-likeness (QED) is 0.359. The van der Waals surface area contributed by atoms with Crippen molar-refractivity contribution < 1.29 is 14.3 Å². The van der Waals surface area contributed by atoms with Crippen molar-refractivity contribution in [3.63, 3.8) is 0 Å². The van der Waals surface area contributed by atoms with Crippen LogP contribution in [0.1, 0.15) is 54.4 Å². The molecule has 0 aromatic heterocycles. The summed E-state index contributed by atoms with van der Waals surface area (Å²) in [5.74, 6) is 1.70. The fraction of sp³-hybridized carbons (Fsp3) is 0.407. The molecule has 2 aromatic carbocycles. The van der Waals surface area contributed by atoms with Gasteiger partial charge in [0.05, 0.1) is 17.7 Å². The minimum atomic E-state index is -0.0871. The van der Waals surface area contributed by atoms with Gasteiger partial charge in [0.1, 0.15) is 5.75 Å². The number of ether oxygens (including phenoxy) is 1. The van der Waals surface area contributed by atoms with Crippen molar-refractivity contribution in [2.45, 2.75) is 48.7 Å². The van der Waals surface area contributed by atoms with Gasteiger partial charge in [-0.15, -0.1) is 0 Å². The van der Waals surface area contributed by atoms with E-state index in [0.717, 1.165) is 39.3 Å². The molecule has 0 atom stereocenters. The topological polar surface area (TPSA) is 58.6 Å². The Labute approximate surface area is 210 Å². The first-order valence-corrected chi connectivity index (χ1v) is 13.8. The van der Waals surface area contributed by atoms with E-state index in [4.69, 9.17) is 4.74 Å². The molecule has 0 bridgehead atoms. The van der Waals surface area contributed by atoms with E-state index >= 15 is 0 Å². The van der Waals surface area contributed by atoms with Crippen LogP contribution in [0.4, 0.5) is 5.69 Å². The zero-order valence-electron chi connectivity index (χ0n) is 19.8. The van der Waals surface area contributed by atoms with Crippen molar-refractivity contribution in [2.75, 3.05) is 31.4 Å². The van der Waals surface area contributed by atoms with E-state index in [9.17, 15) is 9.59 Å². The van der Waals surface area contributed by atoms with Gasteiger partial charge in [-0.1, -0.05) is 43.2 Å². The van der Waals surface area contributed by atoms with Crippen LogP contribution in [0.25, 0.3) is 6.08 Å². The van der Waals surface area contributed by atoms with Gasteiger partial charge < -0.3 is 15.0 Å². The number of amides is 2. The first-order valence-electron chi connectivity index (χ1n) is 11.9. The molecule has 0 unspecified atom stereocenters. The summed E-state index contributed by atoms with van der Waals surface area (Å²) < 4.78 is 5.20. The molecule has 7 heteroatoms. The molecule has 1 fully saturated rings. The first kappa shape index (κ1) is 24.7. The molecule has 0 spiro atoms. The van der Waals surface area contributed by atoms with Crippen LogP contribution >= 0.6 is 23.5 Å². The van der Waals surface area contributed by atoms with Crippen molar-refractivity contribution in [3.05, 3.63) is 58.5 Å². The third-order valence-corrected chi connectivity index (χ3v) is 8.79. The molecule has 180 valence electrons. The Balaban J connectivity index is 1.34. The van der Waals surface area contributed by atoms with E-state index in [2.05, 4.69) is 17.1 Å². The summed E-state index contributed by atoms with van der Waals surface area (Å²) >= 11 is 3.49. The summed E-state index contributed by atoms with van der Waals surface area (Å²) in [5.41, 5.74) is 2.29. The number of likely N-dealkylation sites (N-methyl/N-ethyl adjacent to an activating group) is 1. The molecule has 34 heavy (non-hydrogen) atoms. The number of nitrogens with zero attached hydrogens (tertiary/aromatic N) is 1. The van der Waals surface area contributed by atoms with Gasteiger partial charge in [0, 0.05) is 29.3 Å². The van der Waals surface area contributed by atoms with E-state index in [0.29, 0.717) is 17.0 Å². The number of methoxy groups -OCH3 is 1. The molecule has 1 aliphatic heterocycles. The molecule has 4 rings (SSSR count). The number of fused-ring (bicyclic) bond motifs is 1. The van der Waals surface area contributed by atoms with Crippen molar-refractivity contribution in [3.8, 4) is 5.75 Å². The summed E-state index contributed by atoms with van der Waals surface area (Å²) in [4.78, 5) is 28.9. The lowest BCUT2D eigenvalue weighted by Crippen LogP contribution is -2.31. The van der Waals surface area contributed by atoms with Crippen LogP contribution in [0.3, 0.4) is 0 Å². The molecule has 2 aliphatic rings. The van der Waals surface area contributed by atoms with Gasteiger partial charge in [0.15, 0.2) is 0 Å². The summed E-state index contributed by atoms with van der Waals surface area (Å²) in [6, 6.07) is 13.2. The fourth-order valence-electron chi connectivity index (χ4n) is 4.24. The average Bonchev–Trinajstić information content (AvgIpc) is 2.87. The van der Waals surface area contributed by atoms with Crippen LogP contribution in [0, 0.1) is 0 Å². The molecule has 1 aliphatic carbocycles. The Kier molecular flexibility index (Phi) is 8.62. The van der Waals surface area contributed by atoms with Gasteiger partial charge in [-0.3, -0.25) is 9.59 Å². The number of carbonyl (C=O) groups is 2. The number of hydrogen-bond donors (Lipinski definition) is 1. The highest BCUT2D eigenvalue weighted by Crippen LogP contribution is 2.42. The smallest absolute Gasteiger partial charge is 0.264 e. The second-order valence-electron chi connectivity index (χ2n) is 8.67. The van der Waals surface area contributed by atoms with Crippen LogP contribution in [-0.2, 0) is 4.79 Å². The van der Waals surface area contributed by atoms with Crippen molar-refractivity contribution >= 4 is 47.1 Å². The maximum Gasteiger partial charge on any atom is 0.264 e. The largest absolute Gasteiger partial charge is 0.497 e. The SMILES string of the molecule is COc1ccc(/C=C2\Sc3ccc(C(=O)NCCCSC4CCCCC4)cc3N(C)C2=O)cc1. The Morgan fingerprint density at radius 1 is 1.18 bits per heavy atom. The van der Waals surface area contributed by atoms with Crippen LogP contribution in [0.5, 0.6) is 5.75 Å². The highest BCUT2D eigenvalue weighted by atomic mass is 32.2. The number of anilines is 1. The molecule has 1 saturated carbocycles. The van der Waals surface area contributed by atoms with Crippen LogP contribution in [0.2, 0.25) is 0 Å². The summed E-state index contributed by atoms with van der Waals surface area (Å²) in [7, 11) is 3.39. The lowest BCUT2D eigenvalue weighted by molar-refractivity contribution is -0.114. The molecule has 5 nitrogen and oxygen atoms in total. The zero-order valence-corrected chi connectivity index (χ0v) is 21.5. The normalized spacial score (nSPS) is 17.5. The van der Waals surface area contributed by atoms with Crippen molar-refractivity contribution in [2.24, 2.45) is 0 Å². The van der Waals surface area contributed by atoms with E-state index < -0.39 is 0 Å². The highest BCUT2D eigenvalue weighted by Gasteiger charge is 2.27. The third kappa shape index (κ3) is 6.19. The van der Waals surface area contributed by atoms with E-state index in [-0.39, 0.29) is 11.8 Å². The molecule has 2 aromatic rings. The number of carbonyl (C=O) groups excluding carboxylic acids is 2. The van der Waals surface area contributed by atoms with Crippen LogP contribution < -0.4 is 15.0 Å². The van der Waals surface area contributed by atoms with E-state index in [1.54, 1.807) is 19.1 Å². The molecular weight excluding hydrogens is 464 g/mol. The minimum absolute atomic E-state index is 0.0781. The highest BCUT2D eigenvalue weighted by molar-refractivity contribution is 8.04. The van der Waals surface area contributed by atoms with Crippen molar-refractivity contribution in [1.82, 2.24) is 5.32 Å². The van der Waals surface area contributed by atoms with Gasteiger partial charge in [-0.2, -0.15) is 11.8 Å². The molecular formula is C27H32N2O3S2. The zero-order chi connectivity index (χ0) is 23.9. The first-order chi connectivity index (χ1) is 16.5. The maximum atomic E-state index is 13.0.